The third-order valence-electron chi connectivity index (χ3n) is 3.49. The molecule has 128 valence electrons. The van der Waals surface area contributed by atoms with Crippen LogP contribution in [0.15, 0.2) is 47.8 Å². The molecule has 0 aliphatic heterocycles. The number of thiazole rings is 1. The first-order valence-electron chi connectivity index (χ1n) is 7.27. The number of nitro groups is 1. The first kappa shape index (κ1) is 17.6. The Kier molecular flexibility index (Phi) is 4.98. The van der Waals surface area contributed by atoms with E-state index in [2.05, 4.69) is 4.98 Å². The molecule has 2 aromatic carbocycles. The SMILES string of the molecule is N#CC(=Cc1ccc([O-])c([N+](=O)[O-])c1)c1nc(-c2ccc(Cl)cc2)cs1. The number of hydrogen-bond donors (Lipinski definition) is 0. The molecular weight excluding hydrogens is 374 g/mol. The molecule has 0 fully saturated rings. The van der Waals surface area contributed by atoms with Gasteiger partial charge in [-0.3, -0.25) is 10.1 Å². The lowest BCUT2D eigenvalue weighted by Gasteiger charge is -2.06. The summed E-state index contributed by atoms with van der Waals surface area (Å²) < 4.78 is 0. The summed E-state index contributed by atoms with van der Waals surface area (Å²) >= 11 is 7.16. The van der Waals surface area contributed by atoms with Gasteiger partial charge in [-0.25, -0.2) is 4.98 Å². The first-order chi connectivity index (χ1) is 12.5. The van der Waals surface area contributed by atoms with E-state index in [9.17, 15) is 20.5 Å². The highest BCUT2D eigenvalue weighted by Gasteiger charge is 2.11. The highest BCUT2D eigenvalue weighted by molar-refractivity contribution is 7.11. The monoisotopic (exact) mass is 382 g/mol. The van der Waals surface area contributed by atoms with Crippen LogP contribution in [0.25, 0.3) is 22.9 Å². The van der Waals surface area contributed by atoms with E-state index in [1.54, 1.807) is 12.1 Å². The minimum absolute atomic E-state index is 0.253. The largest absolute Gasteiger partial charge is 0.868 e. The highest BCUT2D eigenvalue weighted by Crippen LogP contribution is 2.30. The molecule has 3 rings (SSSR count). The van der Waals surface area contributed by atoms with Gasteiger partial charge in [0.05, 0.1) is 16.2 Å². The Labute approximate surface area is 157 Å². The van der Waals surface area contributed by atoms with Gasteiger partial charge in [0.1, 0.15) is 11.1 Å². The Balaban J connectivity index is 1.96. The average Bonchev–Trinajstić information content (AvgIpc) is 3.11. The van der Waals surface area contributed by atoms with Gasteiger partial charge in [-0.2, -0.15) is 5.26 Å². The Morgan fingerprint density at radius 3 is 2.65 bits per heavy atom. The lowest BCUT2D eigenvalue weighted by Crippen LogP contribution is -1.97. The third-order valence-corrected chi connectivity index (χ3v) is 4.61. The Morgan fingerprint density at radius 2 is 2.00 bits per heavy atom. The fourth-order valence-electron chi connectivity index (χ4n) is 2.23. The van der Waals surface area contributed by atoms with E-state index in [4.69, 9.17) is 11.6 Å². The molecule has 8 heteroatoms. The molecule has 0 bridgehead atoms. The van der Waals surface area contributed by atoms with Crippen molar-refractivity contribution in [3.05, 3.63) is 73.6 Å². The molecular formula is C18H9ClN3O3S-. The van der Waals surface area contributed by atoms with Crippen LogP contribution in [-0.2, 0) is 0 Å². The van der Waals surface area contributed by atoms with Crippen LogP contribution in [0.3, 0.4) is 0 Å². The normalized spacial score (nSPS) is 11.2. The molecule has 26 heavy (non-hydrogen) atoms. The predicted octanol–water partition coefficient (Wildman–Crippen LogP) is 4.51. The van der Waals surface area contributed by atoms with Crippen molar-refractivity contribution in [3.63, 3.8) is 0 Å². The fraction of sp³-hybridized carbons (Fsp3) is 0. The van der Waals surface area contributed by atoms with Crippen molar-refractivity contribution >= 4 is 40.3 Å². The van der Waals surface area contributed by atoms with Gasteiger partial charge in [0.15, 0.2) is 0 Å². The van der Waals surface area contributed by atoms with Crippen LogP contribution >= 0.6 is 22.9 Å². The molecule has 0 saturated heterocycles. The van der Waals surface area contributed by atoms with Gasteiger partial charge in [0.25, 0.3) is 5.69 Å². The van der Waals surface area contributed by atoms with Gasteiger partial charge in [-0.15, -0.1) is 11.3 Å². The van der Waals surface area contributed by atoms with Gasteiger partial charge in [-0.1, -0.05) is 35.9 Å². The zero-order valence-corrected chi connectivity index (χ0v) is 14.6. The van der Waals surface area contributed by atoms with Gasteiger partial charge in [0, 0.05) is 22.0 Å². The van der Waals surface area contributed by atoms with Gasteiger partial charge >= 0.3 is 0 Å². The predicted molar refractivity (Wildman–Crippen MR) is 98.6 cm³/mol. The van der Waals surface area contributed by atoms with Crippen LogP contribution in [0.5, 0.6) is 5.75 Å². The minimum atomic E-state index is -0.742. The van der Waals surface area contributed by atoms with Crippen molar-refractivity contribution in [2.45, 2.75) is 0 Å². The van der Waals surface area contributed by atoms with E-state index in [1.807, 2.05) is 23.6 Å². The second-order valence-corrected chi connectivity index (χ2v) is 6.49. The van der Waals surface area contributed by atoms with Crippen molar-refractivity contribution < 1.29 is 10.0 Å². The van der Waals surface area contributed by atoms with Crippen molar-refractivity contribution in [1.29, 1.82) is 5.26 Å². The molecule has 0 radical (unpaired) electrons. The lowest BCUT2D eigenvalue weighted by molar-refractivity contribution is -0.398. The highest BCUT2D eigenvalue weighted by atomic mass is 35.5. The molecule has 0 unspecified atom stereocenters. The minimum Gasteiger partial charge on any atom is -0.868 e. The quantitative estimate of drug-likeness (QED) is 0.375. The van der Waals surface area contributed by atoms with Crippen LogP contribution in [0, 0.1) is 21.4 Å². The van der Waals surface area contributed by atoms with Gasteiger partial charge < -0.3 is 5.11 Å². The van der Waals surface area contributed by atoms with Crippen LogP contribution in [0.4, 0.5) is 5.69 Å². The summed E-state index contributed by atoms with van der Waals surface area (Å²) in [5, 5.41) is 34.7. The Bertz CT molecular complexity index is 1050. The Hall–Kier alpha value is -3.21. The van der Waals surface area contributed by atoms with Crippen molar-refractivity contribution in [1.82, 2.24) is 4.98 Å². The van der Waals surface area contributed by atoms with Gasteiger partial charge in [-0.05, 0) is 29.5 Å². The Morgan fingerprint density at radius 1 is 1.27 bits per heavy atom. The second kappa shape index (κ2) is 7.35. The number of aromatic nitrogens is 1. The number of nitriles is 1. The summed E-state index contributed by atoms with van der Waals surface area (Å²) in [6, 6.07) is 12.9. The number of benzene rings is 2. The zero-order chi connectivity index (χ0) is 18.7. The summed E-state index contributed by atoms with van der Waals surface area (Å²) in [5.41, 5.74) is 1.67. The number of nitro benzene ring substituents is 1. The smallest absolute Gasteiger partial charge is 0.262 e. The molecule has 0 N–H and O–H groups in total. The molecule has 0 saturated carbocycles. The van der Waals surface area contributed by atoms with Crippen molar-refractivity contribution in [3.8, 4) is 23.1 Å². The molecule has 0 aliphatic carbocycles. The summed E-state index contributed by atoms with van der Waals surface area (Å²) in [5.74, 6) is -0.676. The molecule has 0 amide bonds. The van der Waals surface area contributed by atoms with E-state index in [0.717, 1.165) is 17.7 Å². The van der Waals surface area contributed by atoms with Crippen LogP contribution in [0.1, 0.15) is 10.6 Å². The molecule has 3 aromatic rings. The molecule has 1 aromatic heterocycles. The maximum atomic E-state index is 11.5. The van der Waals surface area contributed by atoms with E-state index < -0.39 is 16.4 Å². The number of allylic oxidation sites excluding steroid dienone is 1. The zero-order valence-electron chi connectivity index (χ0n) is 13.0. The average molecular weight is 383 g/mol. The first-order valence-corrected chi connectivity index (χ1v) is 8.53. The number of halogens is 1. The summed E-state index contributed by atoms with van der Waals surface area (Å²) in [6.07, 6.45) is 1.47. The van der Waals surface area contributed by atoms with Crippen LogP contribution < -0.4 is 5.11 Å². The van der Waals surface area contributed by atoms with E-state index in [-0.39, 0.29) is 5.57 Å². The summed E-state index contributed by atoms with van der Waals surface area (Å²) in [6.45, 7) is 0. The lowest BCUT2D eigenvalue weighted by atomic mass is 10.1. The second-order valence-electron chi connectivity index (χ2n) is 5.20. The fourth-order valence-corrected chi connectivity index (χ4v) is 3.15. The third kappa shape index (κ3) is 3.72. The van der Waals surface area contributed by atoms with Crippen LogP contribution in [-0.4, -0.2) is 9.91 Å². The summed E-state index contributed by atoms with van der Waals surface area (Å²) in [7, 11) is 0. The summed E-state index contributed by atoms with van der Waals surface area (Å²) in [4.78, 5) is 14.6. The topological polar surface area (TPSA) is 103 Å². The van der Waals surface area contributed by atoms with E-state index in [1.165, 1.54) is 23.5 Å². The number of nitrogens with zero attached hydrogens (tertiary/aromatic N) is 3. The van der Waals surface area contributed by atoms with Crippen molar-refractivity contribution in [2.75, 3.05) is 0 Å². The maximum Gasteiger partial charge on any atom is 0.262 e. The van der Waals surface area contributed by atoms with E-state index >= 15 is 0 Å². The molecule has 0 spiro atoms. The van der Waals surface area contributed by atoms with E-state index in [0.29, 0.717) is 21.3 Å². The standard InChI is InChI=1S/C18H10ClN3O3S/c19-14-4-2-12(3-5-14)15-10-26-18(21-15)13(9-20)7-11-1-6-17(23)16(8-11)22(24)25/h1-8,10,23H/p-1. The molecule has 0 aliphatic rings. The molecule has 6 nitrogen and oxygen atoms in total. The number of hydrogen-bond acceptors (Lipinski definition) is 6. The molecule has 1 heterocycles. The number of rotatable bonds is 4. The maximum absolute atomic E-state index is 11.5. The van der Waals surface area contributed by atoms with Crippen LogP contribution in [0.2, 0.25) is 5.02 Å². The van der Waals surface area contributed by atoms with Gasteiger partial charge in [0.2, 0.25) is 0 Å². The molecule has 0 atom stereocenters. The van der Waals surface area contributed by atoms with Crippen molar-refractivity contribution in [2.24, 2.45) is 0 Å².